The lowest BCUT2D eigenvalue weighted by Gasteiger charge is -2.18. The van der Waals surface area contributed by atoms with Gasteiger partial charge in [-0.2, -0.15) is 0 Å². The maximum atomic E-state index is 11.1. The van der Waals surface area contributed by atoms with Gasteiger partial charge in [-0.3, -0.25) is 0 Å². The third-order valence-electron chi connectivity index (χ3n) is 5.98. The molecule has 36 heavy (non-hydrogen) atoms. The lowest BCUT2D eigenvalue weighted by Crippen LogP contribution is -2.06. The summed E-state index contributed by atoms with van der Waals surface area (Å²) in [7, 11) is 4.87. The molecule has 0 aliphatic carbocycles. The molecule has 0 atom stereocenters. The Labute approximate surface area is 224 Å². The molecule has 0 saturated carbocycles. The van der Waals surface area contributed by atoms with Gasteiger partial charge in [0.2, 0.25) is 5.88 Å². The van der Waals surface area contributed by atoms with Crippen LogP contribution in [0, 0.1) is 0 Å². The van der Waals surface area contributed by atoms with Crippen LogP contribution < -0.4 is 19.5 Å². The second-order valence-electron chi connectivity index (χ2n) is 8.47. The van der Waals surface area contributed by atoms with Crippen molar-refractivity contribution in [2.75, 3.05) is 33.2 Å². The van der Waals surface area contributed by atoms with Crippen molar-refractivity contribution in [3.8, 4) is 23.1 Å². The second-order valence-corrected chi connectivity index (χ2v) is 8.47. The molecule has 9 heteroatoms. The highest BCUT2D eigenvalue weighted by molar-refractivity contribution is 5.93. The van der Waals surface area contributed by atoms with E-state index in [9.17, 15) is 5.11 Å². The minimum atomic E-state index is 0. The summed E-state index contributed by atoms with van der Waals surface area (Å²) in [4.78, 5) is 9.43. The summed E-state index contributed by atoms with van der Waals surface area (Å²) in [5.41, 5.74) is 3.34. The van der Waals surface area contributed by atoms with Crippen molar-refractivity contribution < 1.29 is 19.3 Å². The molecule has 0 aliphatic rings. The van der Waals surface area contributed by atoms with E-state index >= 15 is 0 Å². The molecule has 0 unspecified atom stereocenters. The molecule has 194 valence electrons. The predicted molar refractivity (Wildman–Crippen MR) is 150 cm³/mol. The number of rotatable bonds is 8. The zero-order valence-electron chi connectivity index (χ0n) is 21.3. The molecule has 2 aromatic heterocycles. The molecule has 4 rings (SSSR count). The largest absolute Gasteiger partial charge is 0.497 e. The van der Waals surface area contributed by atoms with Gasteiger partial charge >= 0.3 is 0 Å². The molecule has 0 spiro atoms. The van der Waals surface area contributed by atoms with Gasteiger partial charge in [-0.05, 0) is 60.2 Å². The first-order valence-electron chi connectivity index (χ1n) is 11.4. The van der Waals surface area contributed by atoms with Gasteiger partial charge in [-0.15, -0.1) is 24.8 Å². The van der Waals surface area contributed by atoms with Crippen LogP contribution in [0.5, 0.6) is 23.1 Å². The number of hydrogen-bond acceptors (Lipinski definition) is 7. The van der Waals surface area contributed by atoms with Crippen LogP contribution in [0.4, 0.5) is 5.82 Å². The van der Waals surface area contributed by atoms with E-state index in [1.165, 1.54) is 0 Å². The van der Waals surface area contributed by atoms with Crippen LogP contribution in [0.1, 0.15) is 43.5 Å². The van der Waals surface area contributed by atoms with E-state index in [0.717, 1.165) is 51.0 Å². The van der Waals surface area contributed by atoms with Crippen LogP contribution in [0.2, 0.25) is 0 Å². The average molecular weight is 534 g/mol. The molecule has 2 aromatic carbocycles. The number of benzene rings is 2. The molecule has 0 amide bonds. The summed E-state index contributed by atoms with van der Waals surface area (Å²) >= 11 is 0. The smallest absolute Gasteiger partial charge is 0.215 e. The number of fused-ring (bicyclic) bond motifs is 2. The van der Waals surface area contributed by atoms with Gasteiger partial charge in [-0.1, -0.05) is 13.8 Å². The summed E-state index contributed by atoms with van der Waals surface area (Å²) in [6.07, 6.45) is 0.436. The molecule has 2 heterocycles. The second kappa shape index (κ2) is 12.2. The molecule has 0 bridgehead atoms. The Morgan fingerprint density at radius 2 is 1.56 bits per heavy atom. The minimum absolute atomic E-state index is 0. The van der Waals surface area contributed by atoms with Gasteiger partial charge < -0.3 is 24.6 Å². The number of pyridine rings is 2. The molecule has 0 saturated heterocycles. The standard InChI is InChI=1S/C27H31N3O4.2ClH/c1-7-28-26-17(10-16-11-18(32-4)8-9-22(16)29-26)12-21-19-13-23(33-5)24(34-6)14-20(19)25(15(2)3)30-27(21)31;;/h8-11,13-15H,7,12H2,1-6H3,(H,28,29)(H,30,31);2*1H. The first-order chi connectivity index (χ1) is 16.4. The number of halogens is 2. The van der Waals surface area contributed by atoms with Crippen LogP contribution in [0.25, 0.3) is 21.7 Å². The van der Waals surface area contributed by atoms with Crippen molar-refractivity contribution in [3.63, 3.8) is 0 Å². The van der Waals surface area contributed by atoms with E-state index in [1.54, 1.807) is 21.3 Å². The monoisotopic (exact) mass is 533 g/mol. The predicted octanol–water partition coefficient (Wildman–Crippen LogP) is 6.50. The normalized spacial score (nSPS) is 10.6. The van der Waals surface area contributed by atoms with Crippen molar-refractivity contribution in [1.29, 1.82) is 0 Å². The number of ether oxygens (including phenoxy) is 3. The fourth-order valence-electron chi connectivity index (χ4n) is 4.29. The summed E-state index contributed by atoms with van der Waals surface area (Å²) in [6.45, 7) is 6.87. The molecule has 4 aromatic rings. The zero-order chi connectivity index (χ0) is 24.4. The van der Waals surface area contributed by atoms with Crippen LogP contribution >= 0.6 is 24.8 Å². The lowest BCUT2D eigenvalue weighted by atomic mass is 9.94. The van der Waals surface area contributed by atoms with Gasteiger partial charge in [-0.25, -0.2) is 9.97 Å². The van der Waals surface area contributed by atoms with Crippen LogP contribution in [0.15, 0.2) is 36.4 Å². The summed E-state index contributed by atoms with van der Waals surface area (Å²) in [5.74, 6) is 2.91. The van der Waals surface area contributed by atoms with Crippen LogP contribution in [-0.2, 0) is 6.42 Å². The van der Waals surface area contributed by atoms with E-state index < -0.39 is 0 Å². The Hall–Kier alpha value is -3.16. The number of methoxy groups -OCH3 is 3. The zero-order valence-corrected chi connectivity index (χ0v) is 23.0. The van der Waals surface area contributed by atoms with Gasteiger partial charge in [0.1, 0.15) is 11.6 Å². The van der Waals surface area contributed by atoms with Crippen molar-refractivity contribution in [2.45, 2.75) is 33.1 Å². The van der Waals surface area contributed by atoms with Gasteiger partial charge in [0, 0.05) is 29.3 Å². The van der Waals surface area contributed by atoms with Gasteiger partial charge in [0.25, 0.3) is 0 Å². The molecule has 0 radical (unpaired) electrons. The molecule has 7 nitrogen and oxygen atoms in total. The molecule has 0 aliphatic heterocycles. The molecule has 2 N–H and O–H groups in total. The summed E-state index contributed by atoms with van der Waals surface area (Å²) < 4.78 is 16.5. The van der Waals surface area contributed by atoms with Crippen molar-refractivity contribution in [3.05, 3.63) is 53.2 Å². The Bertz CT molecular complexity index is 1360. The van der Waals surface area contributed by atoms with E-state index in [1.807, 2.05) is 37.3 Å². The first kappa shape index (κ1) is 29.1. The van der Waals surface area contributed by atoms with E-state index in [0.29, 0.717) is 23.5 Å². The Morgan fingerprint density at radius 3 is 2.14 bits per heavy atom. The van der Waals surface area contributed by atoms with Crippen LogP contribution in [0.3, 0.4) is 0 Å². The Kier molecular flexibility index (Phi) is 9.85. The van der Waals surface area contributed by atoms with E-state index in [-0.39, 0.29) is 36.6 Å². The number of aromatic nitrogens is 2. The fourth-order valence-corrected chi connectivity index (χ4v) is 4.29. The number of aromatic hydroxyl groups is 1. The van der Waals surface area contributed by atoms with Gasteiger partial charge in [0.15, 0.2) is 11.5 Å². The summed E-state index contributed by atoms with van der Waals surface area (Å²) in [5, 5.41) is 17.2. The van der Waals surface area contributed by atoms with E-state index in [4.69, 9.17) is 19.2 Å². The first-order valence-corrected chi connectivity index (χ1v) is 11.4. The molecular formula is C27H33Cl2N3O4. The topological polar surface area (TPSA) is 85.7 Å². The highest BCUT2D eigenvalue weighted by atomic mass is 35.5. The maximum absolute atomic E-state index is 11.1. The van der Waals surface area contributed by atoms with Crippen molar-refractivity contribution >= 4 is 52.3 Å². The molecular weight excluding hydrogens is 501 g/mol. The quantitative estimate of drug-likeness (QED) is 0.267. The maximum Gasteiger partial charge on any atom is 0.215 e. The highest BCUT2D eigenvalue weighted by Crippen LogP contribution is 2.40. The molecule has 0 fully saturated rings. The highest BCUT2D eigenvalue weighted by Gasteiger charge is 2.20. The summed E-state index contributed by atoms with van der Waals surface area (Å²) in [6, 6.07) is 11.8. The number of nitrogens with one attached hydrogen (secondary N) is 1. The number of nitrogens with zero attached hydrogens (tertiary/aromatic N) is 2. The minimum Gasteiger partial charge on any atom is -0.497 e. The Morgan fingerprint density at radius 1 is 0.889 bits per heavy atom. The lowest BCUT2D eigenvalue weighted by molar-refractivity contribution is 0.355. The van der Waals surface area contributed by atoms with E-state index in [2.05, 4.69) is 30.2 Å². The Balaban J connectivity index is 0.00000228. The SMILES string of the molecule is CCNc1nc2ccc(OC)cc2cc1Cc1c(O)nc(C(C)C)c2cc(OC)c(OC)cc12.Cl.Cl. The number of anilines is 1. The average Bonchev–Trinajstić information content (AvgIpc) is 2.84. The van der Waals surface area contributed by atoms with Gasteiger partial charge in [0.05, 0.1) is 32.5 Å². The third-order valence-corrected chi connectivity index (χ3v) is 5.98. The van der Waals surface area contributed by atoms with Crippen molar-refractivity contribution in [1.82, 2.24) is 9.97 Å². The van der Waals surface area contributed by atoms with Crippen molar-refractivity contribution in [2.24, 2.45) is 0 Å². The number of hydrogen-bond donors (Lipinski definition) is 2. The third kappa shape index (κ3) is 5.47. The fraction of sp³-hybridized carbons (Fsp3) is 0.333. The van der Waals surface area contributed by atoms with Crippen LogP contribution in [-0.4, -0.2) is 42.9 Å².